The number of hydrogen-bond acceptors (Lipinski definition) is 5. The van der Waals surface area contributed by atoms with E-state index in [2.05, 4.69) is 5.32 Å². The highest BCUT2D eigenvalue weighted by molar-refractivity contribution is 7.89. The van der Waals surface area contributed by atoms with Gasteiger partial charge in [0.2, 0.25) is 15.9 Å². The summed E-state index contributed by atoms with van der Waals surface area (Å²) in [5.41, 5.74) is 7.37. The van der Waals surface area contributed by atoms with E-state index in [-0.39, 0.29) is 29.6 Å². The van der Waals surface area contributed by atoms with Crippen LogP contribution in [0, 0.1) is 0 Å². The van der Waals surface area contributed by atoms with Gasteiger partial charge in [-0.15, -0.1) is 12.4 Å². The number of sulfonamides is 1. The molecule has 0 aliphatic rings. The number of halogens is 1. The molecule has 2 aromatic carbocycles. The van der Waals surface area contributed by atoms with Gasteiger partial charge >= 0.3 is 0 Å². The lowest BCUT2D eigenvalue weighted by Gasteiger charge is -2.16. The molecule has 0 unspecified atom stereocenters. The highest BCUT2D eigenvalue weighted by atomic mass is 35.5. The molecule has 3 N–H and O–H groups in total. The molecule has 27 heavy (non-hydrogen) atoms. The predicted octanol–water partition coefficient (Wildman–Crippen LogP) is 2.52. The van der Waals surface area contributed by atoms with Crippen molar-refractivity contribution in [2.24, 2.45) is 0 Å². The van der Waals surface area contributed by atoms with Gasteiger partial charge in [0, 0.05) is 19.8 Å². The first-order chi connectivity index (χ1) is 12.2. The molecule has 0 spiro atoms. The number of anilines is 2. The van der Waals surface area contributed by atoms with Gasteiger partial charge in [-0.3, -0.25) is 4.79 Å². The molecule has 9 heteroatoms. The second-order valence-electron chi connectivity index (χ2n) is 5.84. The van der Waals surface area contributed by atoms with Crippen LogP contribution in [0.3, 0.4) is 0 Å². The first-order valence-corrected chi connectivity index (χ1v) is 9.51. The molecule has 0 atom stereocenters. The van der Waals surface area contributed by atoms with Gasteiger partial charge in [0.05, 0.1) is 23.6 Å². The molecule has 0 bridgehead atoms. The maximum absolute atomic E-state index is 12.4. The molecule has 148 valence electrons. The lowest BCUT2D eigenvalue weighted by atomic mass is 10.1. The monoisotopic (exact) mass is 413 g/mol. The highest BCUT2D eigenvalue weighted by Crippen LogP contribution is 2.29. The van der Waals surface area contributed by atoms with Gasteiger partial charge in [0.25, 0.3) is 0 Å². The fourth-order valence-electron chi connectivity index (χ4n) is 2.27. The Balaban J connectivity index is 0.00000364. The Bertz CT molecular complexity index is 884. The van der Waals surface area contributed by atoms with E-state index < -0.39 is 10.0 Å². The largest absolute Gasteiger partial charge is 0.492 e. The Kier molecular flexibility index (Phi) is 8.08. The first kappa shape index (κ1) is 22.8. The fraction of sp³-hybridized carbons (Fsp3) is 0.278. The number of nitrogens with zero attached hydrogens (tertiary/aromatic N) is 1. The molecule has 2 rings (SSSR count). The van der Waals surface area contributed by atoms with Crippen LogP contribution in [-0.2, 0) is 21.2 Å². The maximum Gasteiger partial charge on any atom is 0.242 e. The van der Waals surface area contributed by atoms with Gasteiger partial charge in [-0.05, 0) is 42.8 Å². The minimum absolute atomic E-state index is 0. The van der Waals surface area contributed by atoms with Gasteiger partial charge in [-0.1, -0.05) is 12.1 Å². The van der Waals surface area contributed by atoms with E-state index in [9.17, 15) is 13.2 Å². The smallest absolute Gasteiger partial charge is 0.242 e. The van der Waals surface area contributed by atoms with Crippen molar-refractivity contribution in [3.05, 3.63) is 48.0 Å². The van der Waals surface area contributed by atoms with Crippen LogP contribution in [0.2, 0.25) is 0 Å². The Morgan fingerprint density at radius 3 is 2.33 bits per heavy atom. The summed E-state index contributed by atoms with van der Waals surface area (Å²) in [5, 5.41) is 2.73. The van der Waals surface area contributed by atoms with E-state index in [1.54, 1.807) is 30.3 Å². The van der Waals surface area contributed by atoms with E-state index in [1.165, 1.54) is 26.2 Å². The average Bonchev–Trinajstić information content (AvgIpc) is 2.58. The van der Waals surface area contributed by atoms with E-state index in [1.807, 2.05) is 6.92 Å². The number of nitrogen functional groups attached to an aromatic ring is 1. The zero-order chi connectivity index (χ0) is 19.3. The number of ether oxygens (including phenoxy) is 1. The molecule has 0 saturated heterocycles. The molecule has 0 radical (unpaired) electrons. The summed E-state index contributed by atoms with van der Waals surface area (Å²) in [7, 11) is -0.719. The topological polar surface area (TPSA) is 102 Å². The molecular weight excluding hydrogens is 390 g/mol. The molecule has 2 aromatic rings. The Morgan fingerprint density at radius 1 is 1.15 bits per heavy atom. The summed E-state index contributed by atoms with van der Waals surface area (Å²) >= 11 is 0. The number of carbonyl (C=O) groups is 1. The van der Waals surface area contributed by atoms with Gasteiger partial charge < -0.3 is 15.8 Å². The lowest BCUT2D eigenvalue weighted by molar-refractivity contribution is -0.115. The maximum atomic E-state index is 12.4. The minimum atomic E-state index is -3.62. The second-order valence-corrected chi connectivity index (χ2v) is 8.00. The van der Waals surface area contributed by atoms with Crippen LogP contribution in [0.5, 0.6) is 5.75 Å². The van der Waals surface area contributed by atoms with Crippen LogP contribution in [0.4, 0.5) is 11.4 Å². The van der Waals surface area contributed by atoms with Crippen molar-refractivity contribution >= 4 is 39.7 Å². The molecule has 0 aromatic heterocycles. The molecule has 0 aliphatic carbocycles. The summed E-state index contributed by atoms with van der Waals surface area (Å²) in [5.74, 6) is 0.131. The zero-order valence-electron chi connectivity index (χ0n) is 15.4. The fourth-order valence-corrected chi connectivity index (χ4v) is 3.20. The van der Waals surface area contributed by atoms with Crippen LogP contribution < -0.4 is 15.8 Å². The molecule has 0 heterocycles. The summed E-state index contributed by atoms with van der Waals surface area (Å²) in [6.07, 6.45) is 0.135. The van der Waals surface area contributed by atoms with Crippen molar-refractivity contribution in [2.45, 2.75) is 18.2 Å². The van der Waals surface area contributed by atoms with Crippen molar-refractivity contribution in [3.8, 4) is 5.75 Å². The van der Waals surface area contributed by atoms with E-state index in [4.69, 9.17) is 10.5 Å². The van der Waals surface area contributed by atoms with Crippen LogP contribution in [0.1, 0.15) is 12.5 Å². The van der Waals surface area contributed by atoms with E-state index in [0.29, 0.717) is 23.7 Å². The third-order valence-electron chi connectivity index (χ3n) is 3.65. The highest BCUT2D eigenvalue weighted by Gasteiger charge is 2.20. The molecule has 1 amide bonds. The molecule has 0 saturated carbocycles. The predicted molar refractivity (Wildman–Crippen MR) is 109 cm³/mol. The van der Waals surface area contributed by atoms with E-state index >= 15 is 0 Å². The first-order valence-electron chi connectivity index (χ1n) is 8.07. The van der Waals surface area contributed by atoms with Crippen LogP contribution in [-0.4, -0.2) is 39.3 Å². The normalized spacial score (nSPS) is 11.0. The minimum Gasteiger partial charge on any atom is -0.492 e. The molecular formula is C18H24ClN3O4S. The van der Waals surface area contributed by atoms with Crippen LogP contribution >= 0.6 is 12.4 Å². The summed E-state index contributed by atoms with van der Waals surface area (Å²) in [6, 6.07) is 11.4. The third-order valence-corrected chi connectivity index (χ3v) is 5.46. The van der Waals surface area contributed by atoms with Crippen molar-refractivity contribution in [3.63, 3.8) is 0 Å². The Hall–Kier alpha value is -2.29. The number of nitrogens with two attached hydrogens (primary N) is 1. The van der Waals surface area contributed by atoms with Crippen molar-refractivity contribution in [1.82, 2.24) is 4.31 Å². The quantitative estimate of drug-likeness (QED) is 0.679. The molecule has 0 aliphatic heterocycles. The number of hydrogen-bond donors (Lipinski definition) is 2. The van der Waals surface area contributed by atoms with E-state index in [0.717, 1.165) is 9.87 Å². The summed E-state index contributed by atoms with van der Waals surface area (Å²) in [4.78, 5) is 12.4. The van der Waals surface area contributed by atoms with Gasteiger partial charge in [0.15, 0.2) is 0 Å². The number of amides is 1. The molecule has 7 nitrogen and oxygen atoms in total. The summed E-state index contributed by atoms with van der Waals surface area (Å²) < 4.78 is 31.3. The van der Waals surface area contributed by atoms with Gasteiger partial charge in [-0.25, -0.2) is 12.7 Å². The Morgan fingerprint density at radius 2 is 1.78 bits per heavy atom. The van der Waals surface area contributed by atoms with Gasteiger partial charge in [-0.2, -0.15) is 0 Å². The van der Waals surface area contributed by atoms with Crippen LogP contribution in [0.25, 0.3) is 0 Å². The second kappa shape index (κ2) is 9.59. The molecule has 0 fully saturated rings. The third kappa shape index (κ3) is 5.85. The standard InChI is InChI=1S/C18H23N3O4S.ClH/c1-4-25-17-10-9-15(26(23,24)21(2)3)12-16(17)20-18(22)11-13-5-7-14(19)8-6-13;/h5-10,12H,4,11,19H2,1-3H3,(H,20,22);1H. The van der Waals surface area contributed by atoms with Crippen LogP contribution in [0.15, 0.2) is 47.4 Å². The Labute approximate surface area is 166 Å². The SMILES string of the molecule is CCOc1ccc(S(=O)(=O)N(C)C)cc1NC(=O)Cc1ccc(N)cc1.Cl. The lowest BCUT2D eigenvalue weighted by Crippen LogP contribution is -2.22. The average molecular weight is 414 g/mol. The van der Waals surface area contributed by atoms with Crippen molar-refractivity contribution in [2.75, 3.05) is 31.8 Å². The zero-order valence-corrected chi connectivity index (χ0v) is 17.1. The number of carbonyl (C=O) groups excluding carboxylic acids is 1. The number of rotatable bonds is 7. The summed E-state index contributed by atoms with van der Waals surface area (Å²) in [6.45, 7) is 2.20. The number of benzene rings is 2. The number of nitrogens with one attached hydrogen (secondary N) is 1. The van der Waals surface area contributed by atoms with Crippen molar-refractivity contribution < 1.29 is 17.9 Å². The van der Waals surface area contributed by atoms with Gasteiger partial charge in [0.1, 0.15) is 5.75 Å². The van der Waals surface area contributed by atoms with Crippen molar-refractivity contribution in [1.29, 1.82) is 0 Å².